The van der Waals surface area contributed by atoms with Gasteiger partial charge in [-0.15, -0.1) is 0 Å². The van der Waals surface area contributed by atoms with Crippen LogP contribution in [0.1, 0.15) is 49.4 Å². The first-order valence-corrected chi connectivity index (χ1v) is 10.5. The molecule has 5 nitrogen and oxygen atoms in total. The van der Waals surface area contributed by atoms with Crippen molar-refractivity contribution in [1.29, 1.82) is 0 Å². The third-order valence-corrected chi connectivity index (χ3v) is 6.29. The van der Waals surface area contributed by atoms with Crippen LogP contribution < -0.4 is 0 Å². The predicted octanol–water partition coefficient (Wildman–Crippen LogP) is 3.44. The number of amides is 1. The molecule has 0 saturated carbocycles. The topological polar surface area (TPSA) is 49.3 Å². The van der Waals surface area contributed by atoms with Gasteiger partial charge in [-0.2, -0.15) is 0 Å². The number of pyridine rings is 2. The highest BCUT2D eigenvalue weighted by Crippen LogP contribution is 2.39. The van der Waals surface area contributed by atoms with Gasteiger partial charge in [0, 0.05) is 56.6 Å². The summed E-state index contributed by atoms with van der Waals surface area (Å²) in [6.07, 6.45) is 10.7. The monoisotopic (exact) mass is 378 g/mol. The number of hydrogen-bond donors (Lipinski definition) is 0. The van der Waals surface area contributed by atoms with E-state index < -0.39 is 0 Å². The average molecular weight is 379 g/mol. The molecule has 0 aliphatic carbocycles. The number of hydrogen-bond acceptors (Lipinski definition) is 4. The first kappa shape index (κ1) is 19.1. The summed E-state index contributed by atoms with van der Waals surface area (Å²) in [5, 5.41) is 0. The molecule has 2 aromatic rings. The smallest absolute Gasteiger partial charge is 0.222 e. The number of likely N-dealkylation sites (tertiary alicyclic amines) is 2. The Morgan fingerprint density at radius 1 is 1.04 bits per heavy atom. The molecule has 1 spiro atoms. The van der Waals surface area contributed by atoms with Gasteiger partial charge >= 0.3 is 0 Å². The third kappa shape index (κ3) is 4.41. The molecule has 1 unspecified atom stereocenters. The van der Waals surface area contributed by atoms with Gasteiger partial charge in [-0.05, 0) is 61.6 Å². The fourth-order valence-electron chi connectivity index (χ4n) is 4.72. The lowest BCUT2D eigenvalue weighted by molar-refractivity contribution is -0.140. The lowest BCUT2D eigenvalue weighted by Gasteiger charge is -2.48. The van der Waals surface area contributed by atoms with E-state index in [1.54, 1.807) is 12.4 Å². The number of aryl methyl sites for hydroxylation is 1. The summed E-state index contributed by atoms with van der Waals surface area (Å²) in [6, 6.07) is 8.37. The molecule has 4 rings (SSSR count). The molecule has 2 fully saturated rings. The molecule has 2 aliphatic heterocycles. The van der Waals surface area contributed by atoms with Crippen LogP contribution in [-0.4, -0.2) is 45.3 Å². The normalized spacial score (nSPS) is 23.3. The lowest BCUT2D eigenvalue weighted by Crippen LogP contribution is -2.53. The van der Waals surface area contributed by atoms with Crippen LogP contribution in [0.5, 0.6) is 0 Å². The molecular weight excluding hydrogens is 348 g/mol. The van der Waals surface area contributed by atoms with Gasteiger partial charge in [-0.25, -0.2) is 0 Å². The number of carbonyl (C=O) groups excluding carboxylic acids is 1. The van der Waals surface area contributed by atoms with Gasteiger partial charge in [-0.1, -0.05) is 13.0 Å². The van der Waals surface area contributed by atoms with Crippen molar-refractivity contribution in [3.63, 3.8) is 0 Å². The fourth-order valence-corrected chi connectivity index (χ4v) is 4.72. The van der Waals surface area contributed by atoms with Gasteiger partial charge in [0.05, 0.1) is 5.69 Å². The van der Waals surface area contributed by atoms with Gasteiger partial charge in [0.1, 0.15) is 0 Å². The number of rotatable bonds is 5. The molecule has 148 valence electrons. The fraction of sp³-hybridized carbons (Fsp3) is 0.522. The second-order valence-corrected chi connectivity index (χ2v) is 8.43. The molecule has 5 heteroatoms. The van der Waals surface area contributed by atoms with Crippen molar-refractivity contribution in [2.75, 3.05) is 19.6 Å². The molecular formula is C23H30N4O. The number of carbonyl (C=O) groups is 1. The van der Waals surface area contributed by atoms with Crippen molar-refractivity contribution >= 4 is 5.91 Å². The minimum Gasteiger partial charge on any atom is -0.338 e. The van der Waals surface area contributed by atoms with Crippen LogP contribution in [0.4, 0.5) is 0 Å². The third-order valence-electron chi connectivity index (χ3n) is 6.29. The van der Waals surface area contributed by atoms with Crippen LogP contribution in [0.25, 0.3) is 0 Å². The van der Waals surface area contributed by atoms with E-state index in [0.29, 0.717) is 13.0 Å². The zero-order valence-electron chi connectivity index (χ0n) is 16.8. The van der Waals surface area contributed by atoms with E-state index in [1.165, 1.54) is 18.4 Å². The summed E-state index contributed by atoms with van der Waals surface area (Å²) in [7, 11) is 0. The molecule has 0 N–H and O–H groups in total. The Kier molecular flexibility index (Phi) is 5.72. The largest absolute Gasteiger partial charge is 0.338 e. The van der Waals surface area contributed by atoms with Gasteiger partial charge in [0.15, 0.2) is 0 Å². The van der Waals surface area contributed by atoms with Crippen molar-refractivity contribution in [2.45, 2.75) is 52.1 Å². The Morgan fingerprint density at radius 3 is 2.64 bits per heavy atom. The molecule has 2 aliphatic rings. The highest BCUT2D eigenvalue weighted by atomic mass is 16.2. The quantitative estimate of drug-likeness (QED) is 0.800. The van der Waals surface area contributed by atoms with Crippen molar-refractivity contribution < 1.29 is 4.79 Å². The predicted molar refractivity (Wildman–Crippen MR) is 109 cm³/mol. The van der Waals surface area contributed by atoms with Crippen molar-refractivity contribution in [3.8, 4) is 0 Å². The van der Waals surface area contributed by atoms with E-state index in [2.05, 4.69) is 38.8 Å². The summed E-state index contributed by atoms with van der Waals surface area (Å²) in [4.78, 5) is 25.9. The van der Waals surface area contributed by atoms with Crippen molar-refractivity contribution in [1.82, 2.24) is 19.8 Å². The Bertz CT molecular complexity index is 792. The van der Waals surface area contributed by atoms with E-state index in [4.69, 9.17) is 0 Å². The van der Waals surface area contributed by atoms with Crippen LogP contribution in [0.3, 0.4) is 0 Å². The first-order chi connectivity index (χ1) is 13.7. The minimum absolute atomic E-state index is 0.225. The van der Waals surface area contributed by atoms with Gasteiger partial charge in [-0.3, -0.25) is 19.7 Å². The Labute approximate surface area is 167 Å². The molecule has 0 bridgehead atoms. The molecule has 28 heavy (non-hydrogen) atoms. The second-order valence-electron chi connectivity index (χ2n) is 8.43. The first-order valence-electron chi connectivity index (χ1n) is 10.5. The number of piperidine rings is 2. The summed E-state index contributed by atoms with van der Waals surface area (Å²) in [5.74, 6) is 0.288. The van der Waals surface area contributed by atoms with Gasteiger partial charge < -0.3 is 4.90 Å². The van der Waals surface area contributed by atoms with Crippen LogP contribution in [-0.2, 0) is 24.3 Å². The van der Waals surface area contributed by atoms with E-state index in [9.17, 15) is 4.79 Å². The molecule has 0 radical (unpaired) electrons. The van der Waals surface area contributed by atoms with Crippen LogP contribution >= 0.6 is 0 Å². The summed E-state index contributed by atoms with van der Waals surface area (Å²) in [5.41, 5.74) is 3.82. The molecule has 1 atom stereocenters. The van der Waals surface area contributed by atoms with E-state index in [1.807, 2.05) is 18.3 Å². The summed E-state index contributed by atoms with van der Waals surface area (Å²) >= 11 is 0. The van der Waals surface area contributed by atoms with Crippen molar-refractivity contribution in [3.05, 3.63) is 59.7 Å². The van der Waals surface area contributed by atoms with Gasteiger partial charge in [0.2, 0.25) is 5.91 Å². The Hall–Kier alpha value is -2.27. The maximum atomic E-state index is 12.5. The van der Waals surface area contributed by atoms with Crippen LogP contribution in [0, 0.1) is 5.41 Å². The van der Waals surface area contributed by atoms with Gasteiger partial charge in [0.25, 0.3) is 0 Å². The highest BCUT2D eigenvalue weighted by Gasteiger charge is 2.41. The standard InChI is InChI=1S/C23H30N4O/c1-2-19-4-5-21(25-14-19)16-26-13-3-9-23(17-26)10-6-22(28)27(18-23)15-20-7-11-24-12-8-20/h4-5,7-8,11-12,14H,2-3,6,9-10,13,15-18H2,1H3. The Morgan fingerprint density at radius 2 is 1.89 bits per heavy atom. The lowest BCUT2D eigenvalue weighted by atomic mass is 9.73. The van der Waals surface area contributed by atoms with E-state index in [-0.39, 0.29) is 11.3 Å². The zero-order chi connectivity index (χ0) is 19.4. The van der Waals surface area contributed by atoms with Crippen LogP contribution in [0.15, 0.2) is 42.9 Å². The minimum atomic E-state index is 0.225. The van der Waals surface area contributed by atoms with Crippen LogP contribution in [0.2, 0.25) is 0 Å². The number of aromatic nitrogens is 2. The van der Waals surface area contributed by atoms with E-state index >= 15 is 0 Å². The molecule has 4 heterocycles. The maximum absolute atomic E-state index is 12.5. The summed E-state index contributed by atoms with van der Waals surface area (Å²) < 4.78 is 0. The average Bonchev–Trinajstić information content (AvgIpc) is 2.72. The zero-order valence-corrected chi connectivity index (χ0v) is 16.8. The molecule has 2 saturated heterocycles. The van der Waals surface area contributed by atoms with E-state index in [0.717, 1.165) is 50.3 Å². The van der Waals surface area contributed by atoms with Crippen molar-refractivity contribution in [2.24, 2.45) is 5.41 Å². The second kappa shape index (κ2) is 8.39. The molecule has 2 aromatic heterocycles. The SMILES string of the molecule is CCc1ccc(CN2CCCC3(CCC(=O)N(Cc4ccncc4)C3)C2)nc1. The Balaban J connectivity index is 1.42. The molecule has 1 amide bonds. The maximum Gasteiger partial charge on any atom is 0.222 e. The summed E-state index contributed by atoms with van der Waals surface area (Å²) in [6.45, 7) is 6.81. The number of nitrogens with zero attached hydrogens (tertiary/aromatic N) is 4. The molecule has 0 aromatic carbocycles. The highest BCUT2D eigenvalue weighted by molar-refractivity contribution is 5.77.